The molecule has 0 unspecified atom stereocenters. The molecule has 0 fully saturated rings. The van der Waals surface area contributed by atoms with Gasteiger partial charge < -0.3 is 11.5 Å². The van der Waals surface area contributed by atoms with Crippen molar-refractivity contribution in [3.05, 3.63) is 28.8 Å². The maximum atomic E-state index is 7.21. The van der Waals surface area contributed by atoms with Crippen LogP contribution in [0.4, 0.5) is 5.69 Å². The molecule has 0 aliphatic heterocycles. The van der Waals surface area contributed by atoms with Gasteiger partial charge in [0.2, 0.25) is 0 Å². The van der Waals surface area contributed by atoms with Crippen LogP contribution < -0.4 is 11.5 Å². The van der Waals surface area contributed by atoms with E-state index in [9.17, 15) is 0 Å². The van der Waals surface area contributed by atoms with E-state index in [-0.39, 0.29) is 10.6 Å². The Kier molecular flexibility index (Phi) is 1.45. The van der Waals surface area contributed by atoms with E-state index in [4.69, 9.17) is 25.8 Å². The molecule has 2 nitrogen and oxygen atoms in total. The molecule has 0 amide bonds. The Hall–Kier alpha value is -0.730. The Morgan fingerprint density at radius 2 is 2.30 bits per heavy atom. The molecule has 4 N–H and O–H groups in total. The van der Waals surface area contributed by atoms with Gasteiger partial charge in [-0.15, -0.1) is 0 Å². The van der Waals surface area contributed by atoms with Gasteiger partial charge in [-0.3, -0.25) is 0 Å². The van der Waals surface area contributed by atoms with E-state index in [1.54, 1.807) is 6.07 Å². The number of hydrogen-bond donors (Lipinski definition) is 2. The average molecular weight is 159 g/mol. The predicted molar refractivity (Wildman–Crippen MR) is 43.8 cm³/mol. The van der Waals surface area contributed by atoms with E-state index in [2.05, 4.69) is 0 Å². The van der Waals surface area contributed by atoms with E-state index in [0.717, 1.165) is 0 Å². The molecular formula is C7H9ClN2. The molecule has 54 valence electrons. The Balaban J connectivity index is 3.23. The topological polar surface area (TPSA) is 52.0 Å². The minimum Gasteiger partial charge on any atom is -0.399 e. The first-order valence-corrected chi connectivity index (χ1v) is 3.13. The number of nitrogen functional groups attached to an aromatic ring is 1. The quantitative estimate of drug-likeness (QED) is 0.607. The highest BCUT2D eigenvalue weighted by atomic mass is 35.5. The molecule has 0 bridgehead atoms. The van der Waals surface area contributed by atoms with Crippen LogP contribution in [-0.4, -0.2) is 0 Å². The minimum absolute atomic E-state index is 0.212. The van der Waals surface area contributed by atoms with Crippen LogP contribution in [0.3, 0.4) is 0 Å². The molecule has 0 aliphatic rings. The summed E-state index contributed by atoms with van der Waals surface area (Å²) in [5.74, 6) is 0. The van der Waals surface area contributed by atoms with Crippen LogP contribution in [0.1, 0.15) is 8.30 Å². The monoisotopic (exact) mass is 158 g/mol. The standard InChI is InChI=1S/C7H9ClN2/c8-7-2-1-6(10)3-5(7)4-9/h1-3H,4,9-10H2/i4D2. The molecule has 10 heavy (non-hydrogen) atoms. The van der Waals surface area contributed by atoms with Crippen LogP contribution in [0.25, 0.3) is 0 Å². The van der Waals surface area contributed by atoms with Crippen molar-refractivity contribution in [1.29, 1.82) is 0 Å². The maximum Gasteiger partial charge on any atom is 0.0477 e. The summed E-state index contributed by atoms with van der Waals surface area (Å²) in [4.78, 5) is 0. The maximum absolute atomic E-state index is 7.21. The van der Waals surface area contributed by atoms with Crippen molar-refractivity contribution in [3.8, 4) is 0 Å². The third-order valence-corrected chi connectivity index (χ3v) is 1.48. The van der Waals surface area contributed by atoms with Crippen LogP contribution in [-0.2, 0) is 6.50 Å². The number of nitrogens with two attached hydrogens (primary N) is 2. The van der Waals surface area contributed by atoms with E-state index in [1.165, 1.54) is 12.1 Å². The van der Waals surface area contributed by atoms with Crippen molar-refractivity contribution >= 4 is 17.3 Å². The third-order valence-electron chi connectivity index (χ3n) is 1.15. The number of rotatable bonds is 1. The van der Waals surface area contributed by atoms with Crippen molar-refractivity contribution in [1.82, 2.24) is 0 Å². The van der Waals surface area contributed by atoms with E-state index >= 15 is 0 Å². The summed E-state index contributed by atoms with van der Waals surface area (Å²) in [6, 6.07) is 4.55. The summed E-state index contributed by atoms with van der Waals surface area (Å²) in [6.45, 7) is -1.94. The lowest BCUT2D eigenvalue weighted by Crippen LogP contribution is -1.98. The van der Waals surface area contributed by atoms with Crippen molar-refractivity contribution < 1.29 is 2.74 Å². The van der Waals surface area contributed by atoms with Gasteiger partial charge in [-0.25, -0.2) is 0 Å². The summed E-state index contributed by atoms with van der Waals surface area (Å²) < 4.78 is 14.4. The Bertz CT molecular complexity index is 296. The normalized spacial score (nSPS) is 14.2. The van der Waals surface area contributed by atoms with E-state index in [0.29, 0.717) is 5.69 Å². The lowest BCUT2D eigenvalue weighted by atomic mass is 10.2. The van der Waals surface area contributed by atoms with Crippen molar-refractivity contribution in [2.24, 2.45) is 5.73 Å². The second-order valence-corrected chi connectivity index (χ2v) is 2.29. The van der Waals surface area contributed by atoms with Gasteiger partial charge in [0.15, 0.2) is 0 Å². The molecule has 3 heteroatoms. The van der Waals surface area contributed by atoms with Crippen LogP contribution >= 0.6 is 11.6 Å². The van der Waals surface area contributed by atoms with Gasteiger partial charge in [-0.1, -0.05) is 11.6 Å². The Morgan fingerprint density at radius 1 is 1.60 bits per heavy atom. The van der Waals surface area contributed by atoms with Crippen LogP contribution in [0.2, 0.25) is 5.02 Å². The molecule has 0 radical (unpaired) electrons. The minimum atomic E-state index is -1.94. The predicted octanol–water partition coefficient (Wildman–Crippen LogP) is 1.38. The van der Waals surface area contributed by atoms with Gasteiger partial charge in [-0.2, -0.15) is 0 Å². The summed E-state index contributed by atoms with van der Waals surface area (Å²) in [6.07, 6.45) is 0. The van der Waals surface area contributed by atoms with Gasteiger partial charge in [0.05, 0.1) is 0 Å². The average Bonchev–Trinajstić information content (AvgIpc) is 1.92. The Morgan fingerprint density at radius 3 is 2.80 bits per heavy atom. The van der Waals surface area contributed by atoms with Crippen LogP contribution in [0.15, 0.2) is 18.2 Å². The van der Waals surface area contributed by atoms with Gasteiger partial charge in [0.25, 0.3) is 0 Å². The highest BCUT2D eigenvalue weighted by Crippen LogP contribution is 2.17. The van der Waals surface area contributed by atoms with Crippen molar-refractivity contribution in [3.63, 3.8) is 0 Å². The summed E-state index contributed by atoms with van der Waals surface area (Å²) in [5, 5.41) is 0.289. The van der Waals surface area contributed by atoms with Gasteiger partial charge in [-0.05, 0) is 23.8 Å². The van der Waals surface area contributed by atoms with Gasteiger partial charge in [0.1, 0.15) is 0 Å². The summed E-state index contributed by atoms with van der Waals surface area (Å²) in [7, 11) is 0. The number of anilines is 1. The zero-order valence-corrected chi connectivity index (χ0v) is 6.02. The lowest BCUT2D eigenvalue weighted by molar-refractivity contribution is 1.07. The van der Waals surface area contributed by atoms with E-state index < -0.39 is 6.50 Å². The third kappa shape index (κ3) is 1.40. The molecular weight excluding hydrogens is 148 g/mol. The molecule has 0 heterocycles. The first kappa shape index (κ1) is 4.99. The van der Waals surface area contributed by atoms with E-state index in [1.807, 2.05) is 0 Å². The second-order valence-electron chi connectivity index (χ2n) is 1.88. The number of halogens is 1. The summed E-state index contributed by atoms with van der Waals surface area (Å²) >= 11 is 5.71. The molecule has 0 atom stereocenters. The molecule has 1 aromatic carbocycles. The zero-order valence-electron chi connectivity index (χ0n) is 7.26. The fourth-order valence-electron chi connectivity index (χ4n) is 0.654. The molecule has 0 saturated heterocycles. The number of hydrogen-bond acceptors (Lipinski definition) is 2. The van der Waals surface area contributed by atoms with Crippen LogP contribution in [0, 0.1) is 0 Å². The largest absolute Gasteiger partial charge is 0.399 e. The lowest BCUT2D eigenvalue weighted by Gasteiger charge is -2.00. The molecule has 0 aromatic heterocycles. The van der Waals surface area contributed by atoms with Crippen molar-refractivity contribution in [2.75, 3.05) is 5.73 Å². The molecule has 1 rings (SSSR count). The van der Waals surface area contributed by atoms with Crippen LogP contribution in [0.5, 0.6) is 0 Å². The molecule has 0 aliphatic carbocycles. The van der Waals surface area contributed by atoms with Crippen molar-refractivity contribution in [2.45, 2.75) is 6.50 Å². The Labute approximate surface area is 67.6 Å². The molecule has 0 saturated carbocycles. The second kappa shape index (κ2) is 2.90. The molecule has 1 aromatic rings. The zero-order chi connectivity index (χ0) is 9.35. The van der Waals surface area contributed by atoms with Gasteiger partial charge >= 0.3 is 0 Å². The highest BCUT2D eigenvalue weighted by Gasteiger charge is 1.96. The first-order valence-electron chi connectivity index (χ1n) is 3.75. The fourth-order valence-corrected chi connectivity index (χ4v) is 0.826. The molecule has 0 spiro atoms. The number of benzene rings is 1. The first-order chi connectivity index (χ1) is 5.41. The SMILES string of the molecule is [2H]C([2H])(N)c1cc(N)ccc1Cl. The smallest absolute Gasteiger partial charge is 0.0477 e. The highest BCUT2D eigenvalue weighted by molar-refractivity contribution is 6.31. The summed E-state index contributed by atoms with van der Waals surface area (Å²) in [5.41, 5.74) is 11.3. The van der Waals surface area contributed by atoms with Gasteiger partial charge in [0, 0.05) is 19.9 Å². The fraction of sp³-hybridized carbons (Fsp3) is 0.143.